The van der Waals surface area contributed by atoms with Crippen molar-refractivity contribution in [2.24, 2.45) is 0 Å². The van der Waals surface area contributed by atoms with Gasteiger partial charge in [-0.1, -0.05) is 0 Å². The molecule has 0 bridgehead atoms. The lowest BCUT2D eigenvalue weighted by atomic mass is 10.1. The van der Waals surface area contributed by atoms with E-state index in [0.717, 1.165) is 25.3 Å². The van der Waals surface area contributed by atoms with Crippen LogP contribution >= 0.6 is 0 Å². The lowest BCUT2D eigenvalue weighted by molar-refractivity contribution is -0.134. The van der Waals surface area contributed by atoms with Gasteiger partial charge >= 0.3 is 11.9 Å². The number of methoxy groups -OCH3 is 2. The molecular formula is C12H12O6. The first-order chi connectivity index (χ1) is 8.49. The third-order valence-electron chi connectivity index (χ3n) is 2.14. The Hall–Kier alpha value is -2.50. The topological polar surface area (TPSA) is 93.1 Å². The van der Waals surface area contributed by atoms with Crippen molar-refractivity contribution in [3.8, 4) is 11.5 Å². The number of phenolic OH excluding ortho intramolecular Hbond substituents is 2. The highest BCUT2D eigenvalue weighted by atomic mass is 16.5. The van der Waals surface area contributed by atoms with E-state index >= 15 is 0 Å². The standard InChI is InChI=1S/C12H12O6/c1-17-11(15)4-3-8-9(12(16)18-2)5-7(13)6-10(8)14/h3-6,13-14H,1-2H3/b4-3+. The highest BCUT2D eigenvalue weighted by Gasteiger charge is 2.15. The summed E-state index contributed by atoms with van der Waals surface area (Å²) in [5, 5.41) is 18.9. The number of carbonyl (C=O) groups excluding carboxylic acids is 2. The second-order valence-electron chi connectivity index (χ2n) is 3.27. The predicted molar refractivity (Wildman–Crippen MR) is 62.2 cm³/mol. The maximum Gasteiger partial charge on any atom is 0.338 e. The second-order valence-corrected chi connectivity index (χ2v) is 3.27. The largest absolute Gasteiger partial charge is 0.508 e. The molecule has 0 spiro atoms. The normalized spacial score (nSPS) is 10.3. The maximum atomic E-state index is 11.5. The van der Waals surface area contributed by atoms with E-state index in [2.05, 4.69) is 9.47 Å². The average molecular weight is 252 g/mol. The molecule has 0 amide bonds. The molecule has 0 aliphatic rings. The molecule has 0 aliphatic carbocycles. The number of hydrogen-bond acceptors (Lipinski definition) is 6. The molecule has 96 valence electrons. The number of aromatic hydroxyl groups is 2. The Bertz CT molecular complexity index is 504. The number of hydrogen-bond donors (Lipinski definition) is 2. The molecular weight excluding hydrogens is 240 g/mol. The van der Waals surface area contributed by atoms with E-state index < -0.39 is 11.9 Å². The maximum absolute atomic E-state index is 11.5. The van der Waals surface area contributed by atoms with E-state index in [0.29, 0.717) is 0 Å². The SMILES string of the molecule is COC(=O)/C=C/c1c(O)cc(O)cc1C(=O)OC. The zero-order valence-electron chi connectivity index (χ0n) is 9.84. The molecule has 6 nitrogen and oxygen atoms in total. The molecule has 0 atom stereocenters. The Morgan fingerprint density at radius 3 is 2.39 bits per heavy atom. The van der Waals surface area contributed by atoms with E-state index in [-0.39, 0.29) is 22.6 Å². The Balaban J connectivity index is 3.28. The van der Waals surface area contributed by atoms with Crippen LogP contribution in [0.5, 0.6) is 11.5 Å². The number of carbonyl (C=O) groups is 2. The third kappa shape index (κ3) is 3.00. The quantitative estimate of drug-likeness (QED) is 0.617. The van der Waals surface area contributed by atoms with Crippen molar-refractivity contribution in [2.75, 3.05) is 14.2 Å². The fraction of sp³-hybridized carbons (Fsp3) is 0.167. The Kier molecular flexibility index (Phi) is 4.31. The summed E-state index contributed by atoms with van der Waals surface area (Å²) in [7, 11) is 2.36. The van der Waals surface area contributed by atoms with Crippen LogP contribution < -0.4 is 0 Å². The van der Waals surface area contributed by atoms with Gasteiger partial charge in [0.1, 0.15) is 11.5 Å². The van der Waals surface area contributed by atoms with Gasteiger partial charge in [0.15, 0.2) is 0 Å². The van der Waals surface area contributed by atoms with E-state index in [9.17, 15) is 19.8 Å². The van der Waals surface area contributed by atoms with Crippen molar-refractivity contribution < 1.29 is 29.3 Å². The van der Waals surface area contributed by atoms with Gasteiger partial charge in [-0.25, -0.2) is 9.59 Å². The van der Waals surface area contributed by atoms with E-state index in [4.69, 9.17) is 0 Å². The van der Waals surface area contributed by atoms with Gasteiger partial charge in [-0.3, -0.25) is 0 Å². The molecule has 1 rings (SSSR count). The van der Waals surface area contributed by atoms with Crippen molar-refractivity contribution in [2.45, 2.75) is 0 Å². The minimum atomic E-state index is -0.745. The molecule has 0 aromatic heterocycles. The average Bonchev–Trinajstić information content (AvgIpc) is 2.35. The summed E-state index contributed by atoms with van der Waals surface area (Å²) >= 11 is 0. The van der Waals surface area contributed by atoms with Gasteiger partial charge in [0.05, 0.1) is 19.8 Å². The van der Waals surface area contributed by atoms with E-state index in [1.54, 1.807) is 0 Å². The minimum Gasteiger partial charge on any atom is -0.508 e. The molecule has 1 aromatic rings. The summed E-state index contributed by atoms with van der Waals surface area (Å²) in [5.74, 6) is -2.03. The Morgan fingerprint density at radius 2 is 1.83 bits per heavy atom. The number of esters is 2. The summed E-state index contributed by atoms with van der Waals surface area (Å²) in [6.45, 7) is 0. The van der Waals surface area contributed by atoms with Crippen LogP contribution in [0.25, 0.3) is 6.08 Å². The van der Waals surface area contributed by atoms with Crippen molar-refractivity contribution in [3.05, 3.63) is 29.3 Å². The zero-order valence-corrected chi connectivity index (χ0v) is 9.84. The lowest BCUT2D eigenvalue weighted by Gasteiger charge is -2.07. The number of benzene rings is 1. The molecule has 2 N–H and O–H groups in total. The molecule has 0 fully saturated rings. The highest BCUT2D eigenvalue weighted by Crippen LogP contribution is 2.28. The molecule has 0 saturated carbocycles. The number of ether oxygens (including phenoxy) is 2. The third-order valence-corrected chi connectivity index (χ3v) is 2.14. The van der Waals surface area contributed by atoms with Crippen LogP contribution in [-0.2, 0) is 14.3 Å². The molecule has 0 aliphatic heterocycles. The van der Waals surface area contributed by atoms with Crippen LogP contribution in [0.2, 0.25) is 0 Å². The zero-order chi connectivity index (χ0) is 13.7. The smallest absolute Gasteiger partial charge is 0.338 e. The van der Waals surface area contributed by atoms with Crippen molar-refractivity contribution >= 4 is 18.0 Å². The molecule has 0 heterocycles. The molecule has 0 saturated heterocycles. The first-order valence-electron chi connectivity index (χ1n) is 4.90. The monoisotopic (exact) mass is 252 g/mol. The van der Waals surface area contributed by atoms with Gasteiger partial charge in [-0.2, -0.15) is 0 Å². The summed E-state index contributed by atoms with van der Waals surface area (Å²) in [6.07, 6.45) is 2.24. The molecule has 6 heteroatoms. The van der Waals surface area contributed by atoms with Gasteiger partial charge < -0.3 is 19.7 Å². The fourth-order valence-electron chi connectivity index (χ4n) is 1.30. The van der Waals surface area contributed by atoms with Crippen LogP contribution in [0, 0.1) is 0 Å². The minimum absolute atomic E-state index is 0.0600. The van der Waals surface area contributed by atoms with Crippen molar-refractivity contribution in [3.63, 3.8) is 0 Å². The van der Waals surface area contributed by atoms with Gasteiger partial charge in [-0.05, 0) is 12.1 Å². The predicted octanol–water partition coefficient (Wildman–Crippen LogP) is 1.07. The second kappa shape index (κ2) is 5.72. The van der Waals surface area contributed by atoms with Gasteiger partial charge in [0.2, 0.25) is 0 Å². The van der Waals surface area contributed by atoms with Gasteiger partial charge in [0, 0.05) is 17.7 Å². The summed E-state index contributed by atoms with van der Waals surface area (Å²) < 4.78 is 8.90. The van der Waals surface area contributed by atoms with Gasteiger partial charge in [0.25, 0.3) is 0 Å². The Labute approximate surface area is 103 Å². The Morgan fingerprint density at radius 1 is 1.17 bits per heavy atom. The fourth-order valence-corrected chi connectivity index (χ4v) is 1.30. The molecule has 0 radical (unpaired) electrons. The van der Waals surface area contributed by atoms with Crippen LogP contribution in [0.4, 0.5) is 0 Å². The number of rotatable bonds is 3. The number of phenols is 2. The lowest BCUT2D eigenvalue weighted by Crippen LogP contribution is -2.04. The van der Waals surface area contributed by atoms with Crippen molar-refractivity contribution in [1.82, 2.24) is 0 Å². The van der Waals surface area contributed by atoms with Crippen LogP contribution in [0.3, 0.4) is 0 Å². The van der Waals surface area contributed by atoms with Crippen LogP contribution in [0.1, 0.15) is 15.9 Å². The first-order valence-corrected chi connectivity index (χ1v) is 4.90. The summed E-state index contributed by atoms with van der Waals surface area (Å²) in [4.78, 5) is 22.4. The molecule has 1 aromatic carbocycles. The highest BCUT2D eigenvalue weighted by molar-refractivity contribution is 5.97. The summed E-state index contributed by atoms with van der Waals surface area (Å²) in [5.41, 5.74) is 0.000188. The van der Waals surface area contributed by atoms with E-state index in [1.807, 2.05) is 0 Å². The van der Waals surface area contributed by atoms with E-state index in [1.165, 1.54) is 13.2 Å². The first kappa shape index (κ1) is 13.6. The summed E-state index contributed by atoms with van der Waals surface area (Å²) in [6, 6.07) is 2.17. The van der Waals surface area contributed by atoms with Gasteiger partial charge in [-0.15, -0.1) is 0 Å². The molecule has 0 unspecified atom stereocenters. The van der Waals surface area contributed by atoms with Crippen molar-refractivity contribution in [1.29, 1.82) is 0 Å². The molecule has 18 heavy (non-hydrogen) atoms. The van der Waals surface area contributed by atoms with Crippen LogP contribution in [0.15, 0.2) is 18.2 Å². The van der Waals surface area contributed by atoms with Crippen LogP contribution in [-0.4, -0.2) is 36.4 Å².